The summed E-state index contributed by atoms with van der Waals surface area (Å²) >= 11 is 7.61. The quantitative estimate of drug-likeness (QED) is 0.188. The minimum absolute atomic E-state index is 0.189. The number of benzene rings is 4. The number of halogens is 1. The first-order chi connectivity index (χ1) is 17.9. The lowest BCUT2D eigenvalue weighted by Crippen LogP contribution is -2.22. The number of rotatable bonds is 6. The first-order valence-electron chi connectivity index (χ1n) is 11.8. The fraction of sp³-hybridized carbons (Fsp3) is 0.100. The standard InChI is InChI=1S/C30H24ClN3O2S/c1-19-13-20(2)15-24(14-19)32-28(35)22-11-12-26-27(17-22)33-30(37-18-21-7-6-8-23(31)16-21)34(29(26)36)25-9-4-3-5-10-25/h3-17H,18H2,1-2H3,(H,32,35). The molecule has 0 aliphatic carbocycles. The van der Waals surface area contributed by atoms with Gasteiger partial charge < -0.3 is 5.32 Å². The third-order valence-electron chi connectivity index (χ3n) is 5.85. The number of aryl methyl sites for hydroxylation is 2. The average molecular weight is 526 g/mol. The monoisotopic (exact) mass is 525 g/mol. The van der Waals surface area contributed by atoms with E-state index in [9.17, 15) is 9.59 Å². The van der Waals surface area contributed by atoms with Crippen LogP contribution in [0.15, 0.2) is 101 Å². The lowest BCUT2D eigenvalue weighted by atomic mass is 10.1. The third kappa shape index (κ3) is 5.61. The van der Waals surface area contributed by atoms with E-state index in [1.54, 1.807) is 22.8 Å². The zero-order valence-corrected chi connectivity index (χ0v) is 21.9. The number of hydrogen-bond acceptors (Lipinski definition) is 4. The lowest BCUT2D eigenvalue weighted by Gasteiger charge is -2.14. The number of carbonyl (C=O) groups is 1. The number of carbonyl (C=O) groups excluding carboxylic acids is 1. The van der Waals surface area contributed by atoms with Gasteiger partial charge in [0.15, 0.2) is 5.16 Å². The maximum atomic E-state index is 13.7. The molecule has 0 saturated carbocycles. The van der Waals surface area contributed by atoms with Crippen LogP contribution in [0.25, 0.3) is 16.6 Å². The number of para-hydroxylation sites is 1. The van der Waals surface area contributed by atoms with Crippen molar-refractivity contribution < 1.29 is 4.79 Å². The molecule has 5 rings (SSSR count). The molecule has 7 heteroatoms. The second kappa shape index (κ2) is 10.6. The Labute approximate surface area is 224 Å². The van der Waals surface area contributed by atoms with Gasteiger partial charge in [0.2, 0.25) is 0 Å². The van der Waals surface area contributed by atoms with Crippen LogP contribution >= 0.6 is 23.4 Å². The van der Waals surface area contributed by atoms with E-state index in [1.165, 1.54) is 11.8 Å². The molecular weight excluding hydrogens is 502 g/mol. The molecule has 37 heavy (non-hydrogen) atoms. The van der Waals surface area contributed by atoms with E-state index in [0.29, 0.717) is 32.4 Å². The molecule has 0 aliphatic rings. The van der Waals surface area contributed by atoms with Crippen LogP contribution in [-0.4, -0.2) is 15.5 Å². The maximum Gasteiger partial charge on any atom is 0.266 e. The van der Waals surface area contributed by atoms with E-state index < -0.39 is 0 Å². The van der Waals surface area contributed by atoms with Gasteiger partial charge in [-0.25, -0.2) is 4.98 Å². The van der Waals surface area contributed by atoms with Gasteiger partial charge in [0.05, 0.1) is 16.6 Å². The van der Waals surface area contributed by atoms with Crippen LogP contribution in [0.3, 0.4) is 0 Å². The molecule has 0 radical (unpaired) electrons. The van der Waals surface area contributed by atoms with Crippen LogP contribution in [0.5, 0.6) is 0 Å². The normalized spacial score (nSPS) is 11.0. The van der Waals surface area contributed by atoms with E-state index >= 15 is 0 Å². The molecule has 5 aromatic rings. The number of thioether (sulfide) groups is 1. The molecule has 1 amide bonds. The van der Waals surface area contributed by atoms with Crippen LogP contribution in [-0.2, 0) is 5.75 Å². The van der Waals surface area contributed by atoms with Crippen LogP contribution in [0.1, 0.15) is 27.0 Å². The first-order valence-corrected chi connectivity index (χ1v) is 13.1. The van der Waals surface area contributed by atoms with Crippen molar-refractivity contribution in [3.63, 3.8) is 0 Å². The number of amides is 1. The van der Waals surface area contributed by atoms with Gasteiger partial charge in [-0.3, -0.25) is 14.2 Å². The summed E-state index contributed by atoms with van der Waals surface area (Å²) in [6.07, 6.45) is 0. The fourth-order valence-corrected chi connectivity index (χ4v) is 5.40. The Morgan fingerprint density at radius 2 is 1.68 bits per heavy atom. The zero-order valence-electron chi connectivity index (χ0n) is 20.4. The Bertz CT molecular complexity index is 1660. The summed E-state index contributed by atoms with van der Waals surface area (Å²) in [5.41, 5.74) is 5.33. The maximum absolute atomic E-state index is 13.7. The second-order valence-corrected chi connectivity index (χ2v) is 10.2. The van der Waals surface area contributed by atoms with Crippen molar-refractivity contribution >= 4 is 45.9 Å². The Hall–Kier alpha value is -3.87. The molecule has 1 N–H and O–H groups in total. The molecule has 0 spiro atoms. The Balaban J connectivity index is 1.55. The summed E-state index contributed by atoms with van der Waals surface area (Å²) in [4.78, 5) is 31.5. The molecule has 0 saturated heterocycles. The van der Waals surface area contributed by atoms with Crippen LogP contribution in [0.2, 0.25) is 5.02 Å². The summed E-state index contributed by atoms with van der Waals surface area (Å²) < 4.78 is 1.62. The van der Waals surface area contributed by atoms with Crippen molar-refractivity contribution in [2.45, 2.75) is 24.8 Å². The molecule has 0 aliphatic heterocycles. The van der Waals surface area contributed by atoms with E-state index in [1.807, 2.05) is 80.6 Å². The molecular formula is C30H24ClN3O2S. The number of nitrogens with zero attached hydrogens (tertiary/aromatic N) is 2. The summed E-state index contributed by atoms with van der Waals surface area (Å²) in [5.74, 6) is 0.326. The molecule has 0 fully saturated rings. The highest BCUT2D eigenvalue weighted by molar-refractivity contribution is 7.98. The molecule has 1 heterocycles. The van der Waals surface area contributed by atoms with Gasteiger partial charge in [-0.15, -0.1) is 0 Å². The predicted molar refractivity (Wildman–Crippen MR) is 152 cm³/mol. The van der Waals surface area contributed by atoms with Gasteiger partial charge in [0.1, 0.15) is 0 Å². The van der Waals surface area contributed by atoms with E-state index in [0.717, 1.165) is 28.1 Å². The highest BCUT2D eigenvalue weighted by atomic mass is 35.5. The first kappa shape index (κ1) is 24.8. The van der Waals surface area contributed by atoms with Crippen LogP contribution in [0, 0.1) is 13.8 Å². The third-order valence-corrected chi connectivity index (χ3v) is 7.10. The topological polar surface area (TPSA) is 64.0 Å². The Morgan fingerprint density at radius 3 is 2.41 bits per heavy atom. The highest BCUT2D eigenvalue weighted by Gasteiger charge is 2.16. The summed E-state index contributed by atoms with van der Waals surface area (Å²) in [6, 6.07) is 28.0. The molecule has 184 valence electrons. The summed E-state index contributed by atoms with van der Waals surface area (Å²) in [7, 11) is 0. The van der Waals surface area contributed by atoms with E-state index in [2.05, 4.69) is 11.4 Å². The van der Waals surface area contributed by atoms with Crippen molar-refractivity contribution in [1.29, 1.82) is 0 Å². The molecule has 1 aromatic heterocycles. The largest absolute Gasteiger partial charge is 0.322 e. The minimum Gasteiger partial charge on any atom is -0.322 e. The van der Waals surface area contributed by atoms with Gasteiger partial charge in [0, 0.05) is 22.0 Å². The van der Waals surface area contributed by atoms with Crippen LogP contribution in [0.4, 0.5) is 5.69 Å². The number of aromatic nitrogens is 2. The van der Waals surface area contributed by atoms with Gasteiger partial charge in [0.25, 0.3) is 11.5 Å². The minimum atomic E-state index is -0.255. The van der Waals surface area contributed by atoms with Gasteiger partial charge >= 0.3 is 0 Å². The Kier molecular flexibility index (Phi) is 7.12. The Morgan fingerprint density at radius 1 is 0.919 bits per heavy atom. The van der Waals surface area contributed by atoms with Gasteiger partial charge in [-0.1, -0.05) is 59.8 Å². The fourth-order valence-electron chi connectivity index (χ4n) is 4.23. The number of fused-ring (bicyclic) bond motifs is 1. The summed E-state index contributed by atoms with van der Waals surface area (Å²) in [6.45, 7) is 3.98. The highest BCUT2D eigenvalue weighted by Crippen LogP contribution is 2.26. The second-order valence-electron chi connectivity index (χ2n) is 8.85. The predicted octanol–water partition coefficient (Wildman–Crippen LogP) is 7.20. The van der Waals surface area contributed by atoms with Crippen LogP contribution < -0.4 is 10.9 Å². The smallest absolute Gasteiger partial charge is 0.266 e. The van der Waals surface area contributed by atoms with Crippen molar-refractivity contribution in [1.82, 2.24) is 9.55 Å². The zero-order chi connectivity index (χ0) is 25.9. The molecule has 0 unspecified atom stereocenters. The number of anilines is 1. The van der Waals surface area contributed by atoms with Crippen molar-refractivity contribution in [3.05, 3.63) is 129 Å². The SMILES string of the molecule is Cc1cc(C)cc(NC(=O)c2ccc3c(=O)n(-c4ccccc4)c(SCc4cccc(Cl)c4)nc3c2)c1. The number of hydrogen-bond donors (Lipinski definition) is 1. The molecule has 0 atom stereocenters. The van der Waals surface area contributed by atoms with Crippen molar-refractivity contribution in [3.8, 4) is 5.69 Å². The van der Waals surface area contributed by atoms with Crippen molar-refractivity contribution in [2.75, 3.05) is 5.32 Å². The van der Waals surface area contributed by atoms with E-state index in [-0.39, 0.29) is 11.5 Å². The molecule has 5 nitrogen and oxygen atoms in total. The molecule has 4 aromatic carbocycles. The van der Waals surface area contributed by atoms with Crippen molar-refractivity contribution in [2.24, 2.45) is 0 Å². The van der Waals surface area contributed by atoms with Gasteiger partial charge in [-0.2, -0.15) is 0 Å². The van der Waals surface area contributed by atoms with Gasteiger partial charge in [-0.05, 0) is 85.1 Å². The number of nitrogens with one attached hydrogen (secondary N) is 1. The van der Waals surface area contributed by atoms with E-state index in [4.69, 9.17) is 16.6 Å². The lowest BCUT2D eigenvalue weighted by molar-refractivity contribution is 0.102. The average Bonchev–Trinajstić information content (AvgIpc) is 2.87. The molecule has 0 bridgehead atoms. The summed E-state index contributed by atoms with van der Waals surface area (Å²) in [5, 5.41) is 4.59.